The van der Waals surface area contributed by atoms with Gasteiger partial charge in [0.15, 0.2) is 5.82 Å². The molecule has 142 valence electrons. The van der Waals surface area contributed by atoms with Crippen LogP contribution in [0.25, 0.3) is 0 Å². The van der Waals surface area contributed by atoms with Crippen molar-refractivity contribution in [3.63, 3.8) is 0 Å². The highest BCUT2D eigenvalue weighted by atomic mass is 19.1. The Morgan fingerprint density at radius 1 is 1.33 bits per heavy atom. The van der Waals surface area contributed by atoms with Crippen LogP contribution in [0.3, 0.4) is 0 Å². The van der Waals surface area contributed by atoms with E-state index in [4.69, 9.17) is 8.94 Å². The summed E-state index contributed by atoms with van der Waals surface area (Å²) in [6.45, 7) is 5.57. The summed E-state index contributed by atoms with van der Waals surface area (Å²) >= 11 is 0. The van der Waals surface area contributed by atoms with Crippen LogP contribution in [0.4, 0.5) is 15.8 Å². The number of rotatable bonds is 7. The van der Waals surface area contributed by atoms with E-state index >= 15 is 0 Å². The van der Waals surface area contributed by atoms with E-state index < -0.39 is 11.7 Å². The van der Waals surface area contributed by atoms with Crippen LogP contribution in [0.1, 0.15) is 54.1 Å². The molecule has 0 spiro atoms. The lowest BCUT2D eigenvalue weighted by Crippen LogP contribution is -2.14. The Morgan fingerprint density at radius 2 is 2.15 bits per heavy atom. The number of nitrogens with zero attached hydrogens (tertiary/aromatic N) is 2. The summed E-state index contributed by atoms with van der Waals surface area (Å²) < 4.78 is 24.5. The SMILES string of the molecule is CCCc1noc(C(C)Nc2ccc(F)c(NC(=O)c3ccoc3C)c2)n1. The summed E-state index contributed by atoms with van der Waals surface area (Å²) in [4.78, 5) is 16.6. The molecule has 2 N–H and O–H groups in total. The van der Waals surface area contributed by atoms with E-state index in [1.165, 1.54) is 24.5 Å². The number of benzene rings is 1. The number of amides is 1. The molecule has 0 saturated carbocycles. The van der Waals surface area contributed by atoms with Crippen LogP contribution < -0.4 is 10.6 Å². The lowest BCUT2D eigenvalue weighted by Gasteiger charge is -2.13. The number of nitrogens with one attached hydrogen (secondary N) is 2. The molecular weight excluding hydrogens is 351 g/mol. The maximum absolute atomic E-state index is 14.1. The first-order chi connectivity index (χ1) is 13.0. The van der Waals surface area contributed by atoms with Gasteiger partial charge in [0.05, 0.1) is 17.5 Å². The molecule has 3 rings (SSSR count). The van der Waals surface area contributed by atoms with Crippen molar-refractivity contribution in [2.75, 3.05) is 10.6 Å². The third-order valence-electron chi connectivity index (χ3n) is 4.03. The molecular formula is C19H21FN4O3. The maximum Gasteiger partial charge on any atom is 0.259 e. The molecule has 0 aliphatic heterocycles. The lowest BCUT2D eigenvalue weighted by molar-refractivity contribution is 0.102. The van der Waals surface area contributed by atoms with Crippen molar-refractivity contribution in [2.45, 2.75) is 39.7 Å². The fraction of sp³-hybridized carbons (Fsp3) is 0.316. The topological polar surface area (TPSA) is 93.2 Å². The van der Waals surface area contributed by atoms with Crippen LogP contribution in [-0.4, -0.2) is 16.0 Å². The Morgan fingerprint density at radius 3 is 2.85 bits per heavy atom. The molecule has 2 heterocycles. The van der Waals surface area contributed by atoms with Gasteiger partial charge in [-0.05, 0) is 44.5 Å². The van der Waals surface area contributed by atoms with E-state index in [9.17, 15) is 9.18 Å². The van der Waals surface area contributed by atoms with E-state index in [1.54, 1.807) is 13.0 Å². The van der Waals surface area contributed by atoms with Crippen LogP contribution >= 0.6 is 0 Å². The fourth-order valence-corrected chi connectivity index (χ4v) is 2.60. The monoisotopic (exact) mass is 372 g/mol. The highest BCUT2D eigenvalue weighted by Crippen LogP contribution is 2.24. The molecule has 0 fully saturated rings. The Labute approximate surface area is 156 Å². The van der Waals surface area contributed by atoms with Gasteiger partial charge in [-0.25, -0.2) is 4.39 Å². The van der Waals surface area contributed by atoms with Crippen LogP contribution in [0.15, 0.2) is 39.5 Å². The summed E-state index contributed by atoms with van der Waals surface area (Å²) in [5, 5.41) is 9.65. The van der Waals surface area contributed by atoms with Gasteiger partial charge < -0.3 is 19.6 Å². The second-order valence-corrected chi connectivity index (χ2v) is 6.20. The number of carbonyl (C=O) groups excluding carboxylic acids is 1. The second-order valence-electron chi connectivity index (χ2n) is 6.20. The van der Waals surface area contributed by atoms with Crippen LogP contribution in [0, 0.1) is 12.7 Å². The average Bonchev–Trinajstić information content (AvgIpc) is 3.27. The molecule has 27 heavy (non-hydrogen) atoms. The van der Waals surface area contributed by atoms with Crippen LogP contribution in [0.2, 0.25) is 0 Å². The molecule has 7 nitrogen and oxygen atoms in total. The van der Waals surface area contributed by atoms with Gasteiger partial charge >= 0.3 is 0 Å². The van der Waals surface area contributed by atoms with Gasteiger partial charge in [0.2, 0.25) is 5.89 Å². The molecule has 1 aromatic carbocycles. The third-order valence-corrected chi connectivity index (χ3v) is 4.03. The number of carbonyl (C=O) groups is 1. The molecule has 1 atom stereocenters. The second kappa shape index (κ2) is 8.03. The van der Waals surface area contributed by atoms with Crippen molar-refractivity contribution in [3.8, 4) is 0 Å². The molecule has 3 aromatic rings. The first kappa shape index (κ1) is 18.6. The minimum Gasteiger partial charge on any atom is -0.469 e. The number of aryl methyl sites for hydroxylation is 2. The first-order valence-corrected chi connectivity index (χ1v) is 8.72. The molecule has 0 aliphatic carbocycles. The van der Waals surface area contributed by atoms with Gasteiger partial charge in [-0.2, -0.15) is 4.98 Å². The van der Waals surface area contributed by atoms with Crippen molar-refractivity contribution in [3.05, 3.63) is 59.4 Å². The van der Waals surface area contributed by atoms with E-state index in [0.717, 1.165) is 12.8 Å². The number of anilines is 2. The van der Waals surface area contributed by atoms with Gasteiger partial charge in [-0.15, -0.1) is 0 Å². The predicted octanol–water partition coefficient (Wildman–Crippen LogP) is 4.49. The largest absolute Gasteiger partial charge is 0.469 e. The minimum absolute atomic E-state index is 0.0648. The molecule has 1 unspecified atom stereocenters. The van der Waals surface area contributed by atoms with Gasteiger partial charge in [-0.1, -0.05) is 12.1 Å². The third kappa shape index (κ3) is 4.33. The highest BCUT2D eigenvalue weighted by molar-refractivity contribution is 6.05. The summed E-state index contributed by atoms with van der Waals surface area (Å²) in [5.74, 6) is 0.596. The Kier molecular flexibility index (Phi) is 5.54. The number of aromatic nitrogens is 2. The summed E-state index contributed by atoms with van der Waals surface area (Å²) in [6, 6.07) is 5.64. The normalized spacial score (nSPS) is 12.0. The van der Waals surface area contributed by atoms with Crippen molar-refractivity contribution in [1.82, 2.24) is 10.1 Å². The zero-order chi connectivity index (χ0) is 19.4. The standard InChI is InChI=1S/C19H21FN4O3/c1-4-5-17-23-19(27-24-17)11(2)21-13-6-7-15(20)16(10-13)22-18(25)14-8-9-26-12(14)3/h6-11,21H,4-5H2,1-3H3,(H,22,25). The summed E-state index contributed by atoms with van der Waals surface area (Å²) in [6.07, 6.45) is 3.09. The minimum atomic E-state index is -0.536. The molecule has 0 radical (unpaired) electrons. The highest BCUT2D eigenvalue weighted by Gasteiger charge is 2.17. The average molecular weight is 372 g/mol. The van der Waals surface area contributed by atoms with Crippen LogP contribution in [-0.2, 0) is 6.42 Å². The molecule has 0 saturated heterocycles. The van der Waals surface area contributed by atoms with E-state index in [2.05, 4.69) is 20.8 Å². The van der Waals surface area contributed by atoms with Gasteiger partial charge in [0, 0.05) is 12.1 Å². The van der Waals surface area contributed by atoms with E-state index in [1.807, 2.05) is 13.8 Å². The molecule has 0 bridgehead atoms. The number of hydrogen-bond donors (Lipinski definition) is 2. The van der Waals surface area contributed by atoms with Crippen molar-refractivity contribution >= 4 is 17.3 Å². The molecule has 0 aliphatic rings. The van der Waals surface area contributed by atoms with E-state index in [0.29, 0.717) is 28.7 Å². The molecule has 8 heteroatoms. The van der Waals surface area contributed by atoms with Gasteiger partial charge in [-0.3, -0.25) is 4.79 Å². The number of halogens is 1. The zero-order valence-electron chi connectivity index (χ0n) is 15.4. The van der Waals surface area contributed by atoms with Crippen LogP contribution in [0.5, 0.6) is 0 Å². The Balaban J connectivity index is 1.72. The Bertz CT molecular complexity index is 935. The van der Waals surface area contributed by atoms with E-state index in [-0.39, 0.29) is 11.7 Å². The van der Waals surface area contributed by atoms with Gasteiger partial charge in [0.25, 0.3) is 5.91 Å². The quantitative estimate of drug-likeness (QED) is 0.635. The predicted molar refractivity (Wildman–Crippen MR) is 98.1 cm³/mol. The molecule has 1 amide bonds. The van der Waals surface area contributed by atoms with Crippen molar-refractivity contribution in [1.29, 1.82) is 0 Å². The van der Waals surface area contributed by atoms with Gasteiger partial charge in [0.1, 0.15) is 17.6 Å². The van der Waals surface area contributed by atoms with Crippen molar-refractivity contribution in [2.24, 2.45) is 0 Å². The fourth-order valence-electron chi connectivity index (χ4n) is 2.60. The number of furan rings is 1. The molecule has 2 aromatic heterocycles. The smallest absolute Gasteiger partial charge is 0.259 e. The first-order valence-electron chi connectivity index (χ1n) is 8.72. The zero-order valence-corrected chi connectivity index (χ0v) is 15.4. The lowest BCUT2D eigenvalue weighted by atomic mass is 10.2. The van der Waals surface area contributed by atoms with Crippen molar-refractivity contribution < 1.29 is 18.1 Å². The number of hydrogen-bond acceptors (Lipinski definition) is 6. The summed E-state index contributed by atoms with van der Waals surface area (Å²) in [5.41, 5.74) is 1.03. The summed E-state index contributed by atoms with van der Waals surface area (Å²) in [7, 11) is 0. The maximum atomic E-state index is 14.1. The Hall–Kier alpha value is -3.16.